The van der Waals surface area contributed by atoms with E-state index in [-0.39, 0.29) is 6.54 Å². The van der Waals surface area contributed by atoms with Gasteiger partial charge in [-0.2, -0.15) is 0 Å². The van der Waals surface area contributed by atoms with Gasteiger partial charge in [-0.3, -0.25) is 0 Å². The topological polar surface area (TPSA) is 50.4 Å². The summed E-state index contributed by atoms with van der Waals surface area (Å²) in [6, 6.07) is 4.82. The van der Waals surface area contributed by atoms with Crippen LogP contribution in [0.5, 0.6) is 0 Å². The maximum atomic E-state index is 13.7. The lowest BCUT2D eigenvalue weighted by molar-refractivity contribution is -0.00376. The van der Waals surface area contributed by atoms with Crippen molar-refractivity contribution in [3.8, 4) is 0 Å². The molecule has 130 valence electrons. The van der Waals surface area contributed by atoms with Gasteiger partial charge in [-0.05, 0) is 44.5 Å². The molecule has 0 unspecified atom stereocenters. The molecule has 2 N–H and O–H groups in total. The molecule has 1 amide bonds. The first-order valence-electron chi connectivity index (χ1n) is 6.98. The number of halogens is 4. The molecule has 0 atom stereocenters. The average Bonchev–Trinajstić information content (AvgIpc) is 2.39. The van der Waals surface area contributed by atoms with Crippen LogP contribution in [0.2, 0.25) is 10.0 Å². The van der Waals surface area contributed by atoms with Crippen molar-refractivity contribution in [1.82, 2.24) is 10.6 Å². The molecule has 0 radical (unpaired) electrons. The maximum Gasteiger partial charge on any atom is 0.407 e. The summed E-state index contributed by atoms with van der Waals surface area (Å²) in [5.41, 5.74) is -0.115. The van der Waals surface area contributed by atoms with Crippen molar-refractivity contribution in [2.75, 3.05) is 13.1 Å². The Labute approximate surface area is 144 Å². The third-order valence-electron chi connectivity index (χ3n) is 2.60. The molecule has 1 rings (SSSR count). The number of hydrogen-bond acceptors (Lipinski definition) is 3. The van der Waals surface area contributed by atoms with Crippen molar-refractivity contribution in [2.45, 2.75) is 38.8 Å². The van der Waals surface area contributed by atoms with Gasteiger partial charge >= 0.3 is 6.09 Å². The van der Waals surface area contributed by atoms with E-state index in [1.165, 1.54) is 0 Å². The molecule has 8 heteroatoms. The van der Waals surface area contributed by atoms with Crippen molar-refractivity contribution in [3.05, 3.63) is 33.8 Å². The van der Waals surface area contributed by atoms with Gasteiger partial charge in [0.2, 0.25) is 0 Å². The molecule has 0 fully saturated rings. The van der Waals surface area contributed by atoms with Gasteiger partial charge in [0, 0.05) is 16.6 Å². The molecule has 0 bridgehead atoms. The minimum atomic E-state index is -3.12. The lowest BCUT2D eigenvalue weighted by atomic mass is 10.2. The number of rotatable bonds is 6. The average molecular weight is 369 g/mol. The van der Waals surface area contributed by atoms with Crippen LogP contribution >= 0.6 is 23.2 Å². The zero-order valence-electron chi connectivity index (χ0n) is 13.2. The van der Waals surface area contributed by atoms with E-state index in [9.17, 15) is 13.6 Å². The normalized spacial score (nSPS) is 12.1. The summed E-state index contributed by atoms with van der Waals surface area (Å²) in [5.74, 6) is -3.12. The number of benzene rings is 1. The van der Waals surface area contributed by atoms with E-state index in [1.807, 2.05) is 0 Å². The van der Waals surface area contributed by atoms with E-state index in [2.05, 4.69) is 10.6 Å². The molecule has 0 spiro atoms. The lowest BCUT2D eigenvalue weighted by Crippen LogP contribution is -2.44. The molecule has 23 heavy (non-hydrogen) atoms. The molecular weight excluding hydrogens is 349 g/mol. The van der Waals surface area contributed by atoms with E-state index in [0.29, 0.717) is 15.6 Å². The first kappa shape index (κ1) is 19.9. The Hall–Kier alpha value is -1.11. The number of ether oxygens (including phenoxy) is 1. The summed E-state index contributed by atoms with van der Waals surface area (Å²) in [6.45, 7) is 3.66. The van der Waals surface area contributed by atoms with Crippen LogP contribution in [-0.4, -0.2) is 30.7 Å². The van der Waals surface area contributed by atoms with Crippen LogP contribution in [0, 0.1) is 0 Å². The molecular formula is C15H20Cl2F2N2O2. The van der Waals surface area contributed by atoms with E-state index >= 15 is 0 Å². The van der Waals surface area contributed by atoms with Crippen LogP contribution in [0.4, 0.5) is 13.6 Å². The second kappa shape index (κ2) is 8.13. The first-order chi connectivity index (χ1) is 10.5. The highest BCUT2D eigenvalue weighted by Crippen LogP contribution is 2.20. The molecule has 0 aliphatic rings. The predicted octanol–water partition coefficient (Wildman–Crippen LogP) is 4.24. The lowest BCUT2D eigenvalue weighted by Gasteiger charge is -2.22. The van der Waals surface area contributed by atoms with Gasteiger partial charge < -0.3 is 15.4 Å². The number of carbonyl (C=O) groups excluding carboxylic acids is 1. The number of alkyl halides is 2. The number of carbonyl (C=O) groups is 1. The van der Waals surface area contributed by atoms with Crippen molar-refractivity contribution in [1.29, 1.82) is 0 Å². The summed E-state index contributed by atoms with van der Waals surface area (Å²) in [6.07, 6.45) is -0.880. The number of hydrogen-bond donors (Lipinski definition) is 2. The van der Waals surface area contributed by atoms with Gasteiger partial charge in [0.25, 0.3) is 5.92 Å². The van der Waals surface area contributed by atoms with Crippen LogP contribution in [0.15, 0.2) is 18.2 Å². The summed E-state index contributed by atoms with van der Waals surface area (Å²) in [7, 11) is 0. The van der Waals surface area contributed by atoms with Gasteiger partial charge in [0.15, 0.2) is 0 Å². The third-order valence-corrected chi connectivity index (χ3v) is 3.20. The van der Waals surface area contributed by atoms with Crippen LogP contribution in [-0.2, 0) is 11.3 Å². The van der Waals surface area contributed by atoms with Crippen LogP contribution < -0.4 is 10.6 Å². The molecule has 0 aliphatic carbocycles. The van der Waals surface area contributed by atoms with E-state index < -0.39 is 30.7 Å². The minimum Gasteiger partial charge on any atom is -0.444 e. The molecule has 0 saturated carbocycles. The molecule has 1 aromatic rings. The smallest absolute Gasteiger partial charge is 0.407 e. The summed E-state index contributed by atoms with van der Waals surface area (Å²) >= 11 is 11.8. The van der Waals surface area contributed by atoms with Crippen LogP contribution in [0.1, 0.15) is 26.3 Å². The standard InChI is InChI=1S/C15H20Cl2F2N2O2/c1-14(2,3)23-13(22)21-9-15(18,19)8-20-7-10-6-11(16)4-5-12(10)17/h4-6,20H,7-9H2,1-3H3,(H,21,22). The van der Waals surface area contributed by atoms with Gasteiger partial charge in [-0.25, -0.2) is 13.6 Å². The molecule has 0 aliphatic heterocycles. The molecule has 4 nitrogen and oxygen atoms in total. The summed E-state index contributed by atoms with van der Waals surface area (Å²) in [4.78, 5) is 11.4. The van der Waals surface area contributed by atoms with E-state index in [0.717, 1.165) is 0 Å². The SMILES string of the molecule is CC(C)(C)OC(=O)NCC(F)(F)CNCc1cc(Cl)ccc1Cl. The maximum absolute atomic E-state index is 13.7. The Morgan fingerprint density at radius 2 is 1.87 bits per heavy atom. The fraction of sp³-hybridized carbons (Fsp3) is 0.533. The zero-order chi connectivity index (χ0) is 17.7. The largest absolute Gasteiger partial charge is 0.444 e. The Balaban J connectivity index is 2.40. The second-order valence-electron chi connectivity index (χ2n) is 6.05. The minimum absolute atomic E-state index is 0.140. The van der Waals surface area contributed by atoms with Gasteiger partial charge in [0.1, 0.15) is 5.60 Å². The van der Waals surface area contributed by atoms with E-state index in [1.54, 1.807) is 39.0 Å². The molecule has 0 aromatic heterocycles. The Morgan fingerprint density at radius 1 is 1.22 bits per heavy atom. The van der Waals surface area contributed by atoms with Gasteiger partial charge in [-0.15, -0.1) is 0 Å². The van der Waals surface area contributed by atoms with Crippen molar-refractivity contribution in [3.63, 3.8) is 0 Å². The number of nitrogens with one attached hydrogen (secondary N) is 2. The van der Waals surface area contributed by atoms with E-state index in [4.69, 9.17) is 27.9 Å². The van der Waals surface area contributed by atoms with Gasteiger partial charge in [0.05, 0.1) is 13.1 Å². The van der Waals surface area contributed by atoms with Crippen molar-refractivity contribution >= 4 is 29.3 Å². The molecule has 0 saturated heterocycles. The first-order valence-corrected chi connectivity index (χ1v) is 7.73. The quantitative estimate of drug-likeness (QED) is 0.789. The fourth-order valence-corrected chi connectivity index (χ4v) is 2.02. The fourth-order valence-electron chi connectivity index (χ4n) is 1.64. The Kier molecular flexibility index (Phi) is 7.04. The zero-order valence-corrected chi connectivity index (χ0v) is 14.7. The van der Waals surface area contributed by atoms with Crippen LogP contribution in [0.25, 0.3) is 0 Å². The number of alkyl carbamates (subject to hydrolysis) is 1. The van der Waals surface area contributed by atoms with Crippen molar-refractivity contribution < 1.29 is 18.3 Å². The van der Waals surface area contributed by atoms with Crippen LogP contribution in [0.3, 0.4) is 0 Å². The predicted molar refractivity (Wildman–Crippen MR) is 87.4 cm³/mol. The highest BCUT2D eigenvalue weighted by Gasteiger charge is 2.30. The molecule has 1 aromatic carbocycles. The highest BCUT2D eigenvalue weighted by atomic mass is 35.5. The third kappa shape index (κ3) is 8.34. The van der Waals surface area contributed by atoms with Gasteiger partial charge in [-0.1, -0.05) is 23.2 Å². The van der Waals surface area contributed by atoms with Crippen molar-refractivity contribution in [2.24, 2.45) is 0 Å². The Morgan fingerprint density at radius 3 is 2.48 bits per heavy atom. The highest BCUT2D eigenvalue weighted by molar-refractivity contribution is 6.33. The summed E-state index contributed by atoms with van der Waals surface area (Å²) < 4.78 is 32.3. The Bertz CT molecular complexity index is 549. The number of amides is 1. The monoisotopic (exact) mass is 368 g/mol. The molecule has 0 heterocycles. The summed E-state index contributed by atoms with van der Waals surface area (Å²) in [5, 5.41) is 5.57. The second-order valence-corrected chi connectivity index (χ2v) is 6.89.